The van der Waals surface area contributed by atoms with Gasteiger partial charge in [0.05, 0.1) is 13.2 Å². The van der Waals surface area contributed by atoms with Crippen LogP contribution >= 0.6 is 0 Å². The van der Waals surface area contributed by atoms with Gasteiger partial charge in [0.15, 0.2) is 0 Å². The Kier molecular flexibility index (Phi) is 8.94. The number of piperazine rings is 1. The van der Waals surface area contributed by atoms with E-state index in [4.69, 9.17) is 9.84 Å². The largest absolute Gasteiger partial charge is 0.492 e. The van der Waals surface area contributed by atoms with Crippen molar-refractivity contribution in [3.63, 3.8) is 0 Å². The van der Waals surface area contributed by atoms with E-state index in [1.165, 1.54) is 18.2 Å². The highest BCUT2D eigenvalue weighted by Crippen LogP contribution is 2.26. The molecule has 2 aromatic carbocycles. The number of carbonyl (C=O) groups is 1. The minimum Gasteiger partial charge on any atom is -0.492 e. The lowest BCUT2D eigenvalue weighted by molar-refractivity contribution is -0.120. The zero-order valence-electron chi connectivity index (χ0n) is 20.0. The van der Waals surface area contributed by atoms with E-state index in [-0.39, 0.29) is 31.4 Å². The van der Waals surface area contributed by atoms with E-state index in [1.54, 1.807) is 42.6 Å². The molecule has 9 heteroatoms. The van der Waals surface area contributed by atoms with Crippen molar-refractivity contribution < 1.29 is 23.4 Å². The molecule has 1 aliphatic heterocycles. The number of hydrogen-bond acceptors (Lipinski definition) is 6. The molecule has 0 atom stereocenters. The molecule has 2 heterocycles. The number of hydrogen-bond donors (Lipinski definition) is 2. The Labute approximate surface area is 209 Å². The summed E-state index contributed by atoms with van der Waals surface area (Å²) < 4.78 is 33.7. The van der Waals surface area contributed by atoms with Gasteiger partial charge >= 0.3 is 0 Å². The molecule has 4 rings (SSSR count). The Morgan fingerprint density at radius 1 is 1.03 bits per heavy atom. The SMILES string of the molecule is O=C(Cc1ccc(-c2ccc(OCCN3CCN(CO)CC3)cc2F)cn1)NCc1cccc(F)c1. The third-order valence-corrected chi connectivity index (χ3v) is 6.14. The van der Waals surface area contributed by atoms with E-state index in [2.05, 4.69) is 15.2 Å². The topological polar surface area (TPSA) is 77.9 Å². The van der Waals surface area contributed by atoms with Crippen molar-refractivity contribution in [3.05, 3.63) is 83.7 Å². The van der Waals surface area contributed by atoms with Crippen LogP contribution in [0.15, 0.2) is 60.8 Å². The van der Waals surface area contributed by atoms with E-state index < -0.39 is 5.82 Å². The second kappa shape index (κ2) is 12.5. The lowest BCUT2D eigenvalue weighted by Crippen LogP contribution is -2.47. The van der Waals surface area contributed by atoms with Crippen molar-refractivity contribution in [2.45, 2.75) is 13.0 Å². The molecule has 0 bridgehead atoms. The van der Waals surface area contributed by atoms with Crippen molar-refractivity contribution in [1.82, 2.24) is 20.1 Å². The normalized spacial score (nSPS) is 14.5. The fourth-order valence-corrected chi connectivity index (χ4v) is 4.03. The van der Waals surface area contributed by atoms with Crippen LogP contribution in [-0.4, -0.2) is 71.9 Å². The van der Waals surface area contributed by atoms with Gasteiger partial charge in [0.2, 0.25) is 5.91 Å². The van der Waals surface area contributed by atoms with E-state index in [9.17, 15) is 13.6 Å². The zero-order chi connectivity index (χ0) is 25.3. The number of aliphatic hydroxyl groups excluding tert-OH is 1. The average molecular weight is 497 g/mol. The molecule has 1 fully saturated rings. The highest BCUT2D eigenvalue weighted by atomic mass is 19.1. The minimum atomic E-state index is -0.411. The number of nitrogens with one attached hydrogen (secondary N) is 1. The van der Waals surface area contributed by atoms with Crippen molar-refractivity contribution in [2.75, 3.05) is 46.1 Å². The van der Waals surface area contributed by atoms with E-state index in [0.717, 1.165) is 32.7 Å². The van der Waals surface area contributed by atoms with E-state index >= 15 is 0 Å². The number of nitrogens with zero attached hydrogens (tertiary/aromatic N) is 3. The average Bonchev–Trinajstić information content (AvgIpc) is 2.89. The zero-order valence-corrected chi connectivity index (χ0v) is 20.0. The molecular weight excluding hydrogens is 466 g/mol. The van der Waals surface area contributed by atoms with Gasteiger partial charge in [-0.1, -0.05) is 18.2 Å². The van der Waals surface area contributed by atoms with Gasteiger partial charge < -0.3 is 15.2 Å². The maximum absolute atomic E-state index is 14.8. The van der Waals surface area contributed by atoms with Gasteiger partial charge in [0.1, 0.15) is 24.0 Å². The molecule has 0 spiro atoms. The quantitative estimate of drug-likeness (QED) is 0.450. The van der Waals surface area contributed by atoms with Gasteiger partial charge in [-0.05, 0) is 35.9 Å². The van der Waals surface area contributed by atoms with Crippen LogP contribution in [0, 0.1) is 11.6 Å². The number of aromatic nitrogens is 1. The first-order valence-electron chi connectivity index (χ1n) is 11.9. The predicted molar refractivity (Wildman–Crippen MR) is 132 cm³/mol. The van der Waals surface area contributed by atoms with Crippen molar-refractivity contribution in [2.24, 2.45) is 0 Å². The molecule has 0 aliphatic carbocycles. The van der Waals surface area contributed by atoms with Crippen molar-refractivity contribution in [3.8, 4) is 16.9 Å². The Morgan fingerprint density at radius 2 is 1.83 bits per heavy atom. The third kappa shape index (κ3) is 7.30. The molecule has 36 heavy (non-hydrogen) atoms. The Balaban J connectivity index is 1.25. The molecule has 1 saturated heterocycles. The van der Waals surface area contributed by atoms with Gasteiger partial charge in [0.25, 0.3) is 0 Å². The summed E-state index contributed by atoms with van der Waals surface area (Å²) in [4.78, 5) is 20.7. The molecule has 1 amide bonds. The Morgan fingerprint density at radius 3 is 2.53 bits per heavy atom. The third-order valence-electron chi connectivity index (χ3n) is 6.14. The molecule has 0 radical (unpaired) electrons. The summed E-state index contributed by atoms with van der Waals surface area (Å²) in [5.41, 5.74) is 2.23. The van der Waals surface area contributed by atoms with Crippen LogP contribution < -0.4 is 10.1 Å². The number of halogens is 2. The maximum Gasteiger partial charge on any atom is 0.226 e. The second-order valence-corrected chi connectivity index (χ2v) is 8.71. The lowest BCUT2D eigenvalue weighted by Gasteiger charge is -2.33. The lowest BCUT2D eigenvalue weighted by atomic mass is 10.1. The fourth-order valence-electron chi connectivity index (χ4n) is 4.03. The number of benzene rings is 2. The minimum absolute atomic E-state index is 0.0693. The summed E-state index contributed by atoms with van der Waals surface area (Å²) >= 11 is 0. The van der Waals surface area contributed by atoms with Crippen LogP contribution in [0.4, 0.5) is 8.78 Å². The van der Waals surface area contributed by atoms with Gasteiger partial charge in [-0.25, -0.2) is 8.78 Å². The van der Waals surface area contributed by atoms with Gasteiger partial charge in [-0.2, -0.15) is 0 Å². The smallest absolute Gasteiger partial charge is 0.226 e. The molecule has 190 valence electrons. The van der Waals surface area contributed by atoms with Gasteiger partial charge in [0, 0.05) is 68.4 Å². The predicted octanol–water partition coefficient (Wildman–Crippen LogP) is 2.83. The van der Waals surface area contributed by atoms with E-state index in [0.29, 0.717) is 34.7 Å². The summed E-state index contributed by atoms with van der Waals surface area (Å²) in [5.74, 6) is -0.530. The number of ether oxygens (including phenoxy) is 1. The maximum atomic E-state index is 14.8. The van der Waals surface area contributed by atoms with Crippen LogP contribution in [0.2, 0.25) is 0 Å². The molecule has 1 aliphatic rings. The van der Waals surface area contributed by atoms with Crippen molar-refractivity contribution >= 4 is 5.91 Å². The van der Waals surface area contributed by atoms with Crippen LogP contribution in [0.1, 0.15) is 11.3 Å². The molecule has 0 saturated carbocycles. The summed E-state index contributed by atoms with van der Waals surface area (Å²) in [6.45, 7) is 4.90. The Bertz CT molecular complexity index is 1150. The first-order valence-corrected chi connectivity index (χ1v) is 11.9. The summed E-state index contributed by atoms with van der Waals surface area (Å²) in [6.07, 6.45) is 1.61. The second-order valence-electron chi connectivity index (χ2n) is 8.71. The van der Waals surface area contributed by atoms with E-state index in [1.807, 2.05) is 4.90 Å². The summed E-state index contributed by atoms with van der Waals surface area (Å²) in [6, 6.07) is 14.2. The van der Waals surface area contributed by atoms with Crippen LogP contribution in [0.3, 0.4) is 0 Å². The molecule has 7 nitrogen and oxygen atoms in total. The number of aliphatic hydroxyl groups is 1. The van der Waals surface area contributed by atoms with Gasteiger partial charge in [-0.15, -0.1) is 0 Å². The number of rotatable bonds is 10. The number of carbonyl (C=O) groups excluding carboxylic acids is 1. The van der Waals surface area contributed by atoms with Crippen LogP contribution in [-0.2, 0) is 17.8 Å². The molecule has 3 aromatic rings. The first kappa shape index (κ1) is 25.7. The highest BCUT2D eigenvalue weighted by Gasteiger charge is 2.16. The standard InChI is InChI=1S/C27H30F2N4O3/c28-22-3-1-2-20(14-22)17-31-27(35)15-23-5-4-21(18-30-23)25-7-6-24(16-26(25)29)36-13-12-32-8-10-33(19-34)11-9-32/h1-7,14,16,18,34H,8-13,15,17,19H2,(H,31,35). The number of pyridine rings is 1. The first-order chi connectivity index (χ1) is 17.5. The summed E-state index contributed by atoms with van der Waals surface area (Å²) in [5, 5.41) is 11.9. The van der Waals surface area contributed by atoms with Gasteiger partial charge in [-0.3, -0.25) is 19.6 Å². The highest BCUT2D eigenvalue weighted by molar-refractivity contribution is 5.78. The van der Waals surface area contributed by atoms with Crippen LogP contribution in [0.5, 0.6) is 5.75 Å². The summed E-state index contributed by atoms with van der Waals surface area (Å²) in [7, 11) is 0. The van der Waals surface area contributed by atoms with Crippen molar-refractivity contribution in [1.29, 1.82) is 0 Å². The Hall–Kier alpha value is -3.40. The van der Waals surface area contributed by atoms with Crippen LogP contribution in [0.25, 0.3) is 11.1 Å². The monoisotopic (exact) mass is 496 g/mol. The molecule has 2 N–H and O–H groups in total. The molecule has 1 aromatic heterocycles. The molecular formula is C27H30F2N4O3. The number of amides is 1. The fraction of sp³-hybridized carbons (Fsp3) is 0.333. The molecule has 0 unspecified atom stereocenters.